The minimum atomic E-state index is -0.426. The summed E-state index contributed by atoms with van der Waals surface area (Å²) in [4.78, 5) is 23.6. The second kappa shape index (κ2) is 5.52. The first-order chi connectivity index (χ1) is 9.13. The van der Waals surface area contributed by atoms with Gasteiger partial charge >= 0.3 is 5.97 Å². The Balaban J connectivity index is 2.52. The van der Waals surface area contributed by atoms with Gasteiger partial charge in [-0.15, -0.1) is 0 Å². The summed E-state index contributed by atoms with van der Waals surface area (Å²) < 4.78 is 6.39. The molecular weight excluding hydrogens is 242 g/mol. The zero-order chi connectivity index (χ0) is 13.8. The van der Waals surface area contributed by atoms with E-state index in [1.54, 1.807) is 6.92 Å². The van der Waals surface area contributed by atoms with Crippen molar-refractivity contribution < 1.29 is 9.53 Å². The Morgan fingerprint density at radius 3 is 2.63 bits per heavy atom. The highest BCUT2D eigenvalue weighted by Gasteiger charge is 2.10. The van der Waals surface area contributed by atoms with Gasteiger partial charge in [0.2, 0.25) is 0 Å². The summed E-state index contributed by atoms with van der Waals surface area (Å²) in [5.74, 6) is -0.426. The van der Waals surface area contributed by atoms with Crippen LogP contribution < -0.4 is 5.56 Å². The second-order valence-electron chi connectivity index (χ2n) is 4.13. The quantitative estimate of drug-likeness (QED) is 0.793. The fourth-order valence-electron chi connectivity index (χ4n) is 1.84. The number of carbonyl (C=O) groups excluding carboxylic acids is 1. The second-order valence-corrected chi connectivity index (χ2v) is 4.13. The average molecular weight is 257 g/mol. The molecule has 0 aliphatic heterocycles. The Hall–Kier alpha value is -2.36. The molecule has 0 saturated carbocycles. The number of carbonyl (C=O) groups is 1. The van der Waals surface area contributed by atoms with E-state index in [0.717, 1.165) is 11.3 Å². The van der Waals surface area contributed by atoms with Gasteiger partial charge in [0.15, 0.2) is 0 Å². The van der Waals surface area contributed by atoms with Crippen LogP contribution in [0.15, 0.2) is 47.4 Å². The summed E-state index contributed by atoms with van der Waals surface area (Å²) in [6.45, 7) is 3.97. The number of rotatable bonds is 3. The van der Waals surface area contributed by atoms with Crippen molar-refractivity contribution >= 4 is 5.97 Å². The van der Waals surface area contributed by atoms with Crippen molar-refractivity contribution in [2.75, 3.05) is 6.61 Å². The first-order valence-electron chi connectivity index (χ1n) is 6.09. The van der Waals surface area contributed by atoms with E-state index in [-0.39, 0.29) is 5.56 Å². The summed E-state index contributed by atoms with van der Waals surface area (Å²) in [6.07, 6.45) is 1.52. The molecule has 0 aliphatic carbocycles. The van der Waals surface area contributed by atoms with Gasteiger partial charge < -0.3 is 4.74 Å². The minimum Gasteiger partial charge on any atom is -0.462 e. The molecule has 4 nitrogen and oxygen atoms in total. The van der Waals surface area contributed by atoms with Gasteiger partial charge in [-0.05, 0) is 31.5 Å². The maximum atomic E-state index is 11.9. The van der Waals surface area contributed by atoms with Gasteiger partial charge in [0.05, 0.1) is 17.9 Å². The predicted octanol–water partition coefficient (Wildman–Crippen LogP) is 2.32. The van der Waals surface area contributed by atoms with Gasteiger partial charge in [-0.2, -0.15) is 0 Å². The Bertz CT molecular complexity index is 658. The van der Waals surface area contributed by atoms with Crippen molar-refractivity contribution in [3.63, 3.8) is 0 Å². The van der Waals surface area contributed by atoms with Gasteiger partial charge in [0.25, 0.3) is 5.56 Å². The van der Waals surface area contributed by atoms with Gasteiger partial charge in [-0.25, -0.2) is 4.79 Å². The fraction of sp³-hybridized carbons (Fsp3) is 0.200. The topological polar surface area (TPSA) is 48.3 Å². The van der Waals surface area contributed by atoms with Crippen molar-refractivity contribution in [3.05, 3.63) is 64.1 Å². The van der Waals surface area contributed by atoms with Crippen LogP contribution >= 0.6 is 0 Å². The molecular formula is C15H15NO3. The molecule has 0 saturated heterocycles. The average Bonchev–Trinajstić information content (AvgIpc) is 2.40. The van der Waals surface area contributed by atoms with Crippen molar-refractivity contribution in [1.29, 1.82) is 0 Å². The van der Waals surface area contributed by atoms with Gasteiger partial charge in [0, 0.05) is 12.3 Å². The monoisotopic (exact) mass is 257 g/mol. The third-order valence-electron chi connectivity index (χ3n) is 2.80. The van der Waals surface area contributed by atoms with Crippen LogP contribution in [0.25, 0.3) is 5.69 Å². The lowest BCUT2D eigenvalue weighted by Crippen LogP contribution is -2.19. The van der Waals surface area contributed by atoms with Crippen molar-refractivity contribution in [3.8, 4) is 5.69 Å². The van der Waals surface area contributed by atoms with Gasteiger partial charge in [-0.1, -0.05) is 18.2 Å². The maximum Gasteiger partial charge on any atom is 0.339 e. The zero-order valence-electron chi connectivity index (χ0n) is 10.9. The van der Waals surface area contributed by atoms with Crippen LogP contribution in [0.4, 0.5) is 0 Å². The maximum absolute atomic E-state index is 11.9. The van der Waals surface area contributed by atoms with Gasteiger partial charge in [0.1, 0.15) is 0 Å². The third kappa shape index (κ3) is 2.73. The molecule has 0 bridgehead atoms. The van der Waals surface area contributed by atoms with Crippen LogP contribution in [0.1, 0.15) is 22.8 Å². The molecule has 98 valence electrons. The first kappa shape index (κ1) is 13.1. The summed E-state index contributed by atoms with van der Waals surface area (Å²) in [6, 6.07) is 10.4. The summed E-state index contributed by atoms with van der Waals surface area (Å²) >= 11 is 0. The van der Waals surface area contributed by atoms with Crippen molar-refractivity contribution in [2.45, 2.75) is 13.8 Å². The van der Waals surface area contributed by atoms with Gasteiger partial charge in [-0.3, -0.25) is 9.36 Å². The first-order valence-corrected chi connectivity index (χ1v) is 6.09. The Kier molecular flexibility index (Phi) is 3.80. The number of para-hydroxylation sites is 1. The fourth-order valence-corrected chi connectivity index (χ4v) is 1.84. The highest BCUT2D eigenvalue weighted by Crippen LogP contribution is 2.12. The molecule has 0 N–H and O–H groups in total. The highest BCUT2D eigenvalue weighted by molar-refractivity contribution is 5.89. The Morgan fingerprint density at radius 1 is 1.21 bits per heavy atom. The molecule has 0 aliphatic rings. The van der Waals surface area contributed by atoms with Crippen LogP contribution in [0.2, 0.25) is 0 Å². The number of aryl methyl sites for hydroxylation is 1. The number of esters is 1. The normalized spacial score (nSPS) is 10.2. The Labute approximate surface area is 111 Å². The van der Waals surface area contributed by atoms with E-state index in [9.17, 15) is 9.59 Å². The lowest BCUT2D eigenvalue weighted by atomic mass is 10.2. The zero-order valence-corrected chi connectivity index (χ0v) is 10.9. The lowest BCUT2D eigenvalue weighted by molar-refractivity contribution is 0.0525. The molecule has 1 aromatic heterocycles. The number of aromatic nitrogens is 1. The standard InChI is InChI=1S/C15H15NO3/c1-3-19-15(18)12-8-9-14(17)16(10-12)13-7-5-4-6-11(13)2/h4-10H,3H2,1-2H3. The molecule has 2 rings (SSSR count). The van der Waals surface area contributed by atoms with E-state index in [1.165, 1.54) is 22.9 Å². The van der Waals surface area contributed by atoms with E-state index in [4.69, 9.17) is 4.74 Å². The van der Waals surface area contributed by atoms with E-state index >= 15 is 0 Å². The molecule has 0 spiro atoms. The van der Waals surface area contributed by atoms with Crippen LogP contribution in [-0.4, -0.2) is 17.1 Å². The van der Waals surface area contributed by atoms with E-state index in [0.29, 0.717) is 12.2 Å². The minimum absolute atomic E-state index is 0.178. The molecule has 19 heavy (non-hydrogen) atoms. The third-order valence-corrected chi connectivity index (χ3v) is 2.80. The number of benzene rings is 1. The van der Waals surface area contributed by atoms with E-state index < -0.39 is 5.97 Å². The smallest absolute Gasteiger partial charge is 0.339 e. The van der Waals surface area contributed by atoms with E-state index in [2.05, 4.69) is 0 Å². The molecule has 1 heterocycles. The Morgan fingerprint density at radius 2 is 1.95 bits per heavy atom. The van der Waals surface area contributed by atoms with E-state index in [1.807, 2.05) is 31.2 Å². The molecule has 0 fully saturated rings. The predicted molar refractivity (Wildman–Crippen MR) is 72.7 cm³/mol. The van der Waals surface area contributed by atoms with Crippen molar-refractivity contribution in [1.82, 2.24) is 4.57 Å². The number of ether oxygens (including phenoxy) is 1. The molecule has 2 aromatic rings. The molecule has 0 unspecified atom stereocenters. The summed E-state index contributed by atoms with van der Waals surface area (Å²) in [5, 5.41) is 0. The highest BCUT2D eigenvalue weighted by atomic mass is 16.5. The van der Waals surface area contributed by atoms with Crippen LogP contribution in [-0.2, 0) is 4.74 Å². The van der Waals surface area contributed by atoms with Crippen LogP contribution in [0, 0.1) is 6.92 Å². The summed E-state index contributed by atoms with van der Waals surface area (Å²) in [5.41, 5.74) is 1.91. The molecule has 0 amide bonds. The SMILES string of the molecule is CCOC(=O)c1ccc(=O)n(-c2ccccc2C)c1. The largest absolute Gasteiger partial charge is 0.462 e. The molecule has 4 heteroatoms. The summed E-state index contributed by atoms with van der Waals surface area (Å²) in [7, 11) is 0. The number of pyridine rings is 1. The number of nitrogens with zero attached hydrogens (tertiary/aromatic N) is 1. The van der Waals surface area contributed by atoms with Crippen LogP contribution in [0.3, 0.4) is 0 Å². The number of hydrogen-bond acceptors (Lipinski definition) is 3. The molecule has 0 radical (unpaired) electrons. The molecule has 0 atom stereocenters. The molecule has 1 aromatic carbocycles. The van der Waals surface area contributed by atoms with Crippen LogP contribution in [0.5, 0.6) is 0 Å². The number of hydrogen-bond donors (Lipinski definition) is 0. The van der Waals surface area contributed by atoms with Crippen molar-refractivity contribution in [2.24, 2.45) is 0 Å². The lowest BCUT2D eigenvalue weighted by Gasteiger charge is -2.10.